The van der Waals surface area contributed by atoms with E-state index in [0.717, 1.165) is 0 Å². The van der Waals surface area contributed by atoms with Crippen LogP contribution in [-0.2, 0) is 0 Å². The van der Waals surface area contributed by atoms with E-state index in [-0.39, 0.29) is 10.0 Å². The van der Waals surface area contributed by atoms with Crippen molar-refractivity contribution in [2.45, 2.75) is 6.36 Å². The van der Waals surface area contributed by atoms with E-state index in [1.807, 2.05) is 0 Å². The van der Waals surface area contributed by atoms with Crippen molar-refractivity contribution >= 4 is 23.2 Å². The second-order valence-corrected chi connectivity index (χ2v) is 3.06. The van der Waals surface area contributed by atoms with Crippen LogP contribution >= 0.6 is 23.2 Å². The fourth-order valence-electron chi connectivity index (χ4n) is 0.707. The van der Waals surface area contributed by atoms with Gasteiger partial charge < -0.3 is 4.74 Å². The van der Waals surface area contributed by atoms with Gasteiger partial charge in [0.25, 0.3) is 0 Å². The van der Waals surface area contributed by atoms with Crippen molar-refractivity contribution in [3.63, 3.8) is 0 Å². The summed E-state index contributed by atoms with van der Waals surface area (Å²) >= 11 is 10.7. The van der Waals surface area contributed by atoms with Crippen LogP contribution < -0.4 is 4.74 Å². The molecule has 0 spiro atoms. The first-order valence-corrected chi connectivity index (χ1v) is 3.95. The Morgan fingerprint density at radius 2 is 1.57 bits per heavy atom. The Bertz CT molecular complexity index is 350. The van der Waals surface area contributed by atoms with Crippen molar-refractivity contribution in [1.29, 1.82) is 0 Å². The van der Waals surface area contributed by atoms with Crippen molar-refractivity contribution < 1.29 is 22.3 Å². The zero-order valence-electron chi connectivity index (χ0n) is 6.33. The molecule has 1 rings (SSSR count). The van der Waals surface area contributed by atoms with Gasteiger partial charge >= 0.3 is 6.36 Å². The number of hydrogen-bond acceptors (Lipinski definition) is 1. The van der Waals surface area contributed by atoms with E-state index in [1.54, 1.807) is 0 Å². The van der Waals surface area contributed by atoms with Gasteiger partial charge in [-0.05, 0) is 6.07 Å². The first kappa shape index (κ1) is 11.4. The lowest BCUT2D eigenvalue weighted by Crippen LogP contribution is -2.17. The molecule has 0 aliphatic rings. The van der Waals surface area contributed by atoms with Gasteiger partial charge in [0.15, 0.2) is 11.6 Å². The smallest absolute Gasteiger partial charge is 0.403 e. The third-order valence-electron chi connectivity index (χ3n) is 1.20. The molecular formula is C7H2Cl2F4O. The van der Waals surface area contributed by atoms with Crippen molar-refractivity contribution in [3.8, 4) is 5.75 Å². The van der Waals surface area contributed by atoms with Crippen LogP contribution in [0.4, 0.5) is 17.6 Å². The molecule has 0 aliphatic heterocycles. The fourth-order valence-corrected chi connectivity index (χ4v) is 1.01. The van der Waals surface area contributed by atoms with Gasteiger partial charge in [-0.2, -0.15) is 0 Å². The van der Waals surface area contributed by atoms with Crippen LogP contribution in [-0.4, -0.2) is 6.36 Å². The monoisotopic (exact) mass is 248 g/mol. The fraction of sp³-hybridized carbons (Fsp3) is 0.143. The SMILES string of the molecule is Fc1cc(Cl)c(Cl)cc1OC(F)(F)F. The van der Waals surface area contributed by atoms with Crippen molar-refractivity contribution in [2.75, 3.05) is 0 Å². The molecule has 0 amide bonds. The molecular weight excluding hydrogens is 247 g/mol. The maximum absolute atomic E-state index is 12.8. The van der Waals surface area contributed by atoms with Gasteiger partial charge in [0, 0.05) is 6.07 Å². The molecule has 14 heavy (non-hydrogen) atoms. The third kappa shape index (κ3) is 2.92. The van der Waals surface area contributed by atoms with Crippen LogP contribution in [0.25, 0.3) is 0 Å². The van der Waals surface area contributed by atoms with Gasteiger partial charge in [-0.15, -0.1) is 13.2 Å². The summed E-state index contributed by atoms with van der Waals surface area (Å²) in [5, 5.41) is -0.397. The summed E-state index contributed by atoms with van der Waals surface area (Å²) in [6.45, 7) is 0. The lowest BCUT2D eigenvalue weighted by Gasteiger charge is -2.10. The van der Waals surface area contributed by atoms with E-state index in [0.29, 0.717) is 12.1 Å². The zero-order valence-corrected chi connectivity index (χ0v) is 7.84. The molecule has 0 aliphatic carbocycles. The third-order valence-corrected chi connectivity index (χ3v) is 1.92. The molecule has 0 radical (unpaired) electrons. The molecule has 0 unspecified atom stereocenters. The lowest BCUT2D eigenvalue weighted by atomic mass is 10.3. The van der Waals surface area contributed by atoms with Crippen LogP contribution in [0, 0.1) is 5.82 Å². The molecule has 7 heteroatoms. The Labute approximate surface area is 86.2 Å². The summed E-state index contributed by atoms with van der Waals surface area (Å²) in [6, 6.07) is 1.30. The first-order chi connectivity index (χ1) is 6.29. The van der Waals surface area contributed by atoms with E-state index in [2.05, 4.69) is 4.74 Å². The predicted molar refractivity (Wildman–Crippen MR) is 43.1 cm³/mol. The normalized spacial score (nSPS) is 11.6. The van der Waals surface area contributed by atoms with Gasteiger partial charge in [-0.3, -0.25) is 0 Å². The minimum Gasteiger partial charge on any atom is -0.403 e. The molecule has 1 aromatic rings. The van der Waals surface area contributed by atoms with Crippen LogP contribution in [0.15, 0.2) is 12.1 Å². The highest BCUT2D eigenvalue weighted by Gasteiger charge is 2.32. The van der Waals surface area contributed by atoms with Crippen LogP contribution in [0.5, 0.6) is 5.75 Å². The molecule has 78 valence electrons. The number of rotatable bonds is 1. The number of alkyl halides is 3. The molecule has 1 aromatic carbocycles. The highest BCUT2D eigenvalue weighted by atomic mass is 35.5. The van der Waals surface area contributed by atoms with Gasteiger partial charge in [0.05, 0.1) is 10.0 Å². The van der Waals surface area contributed by atoms with Crippen LogP contribution in [0.1, 0.15) is 0 Å². The van der Waals surface area contributed by atoms with E-state index in [1.165, 1.54) is 0 Å². The Hall–Kier alpha value is -0.680. The average Bonchev–Trinajstić information content (AvgIpc) is 1.97. The Balaban J connectivity index is 3.04. The van der Waals surface area contributed by atoms with Gasteiger partial charge in [0.2, 0.25) is 0 Å². The second-order valence-electron chi connectivity index (χ2n) is 2.24. The summed E-state index contributed by atoms with van der Waals surface area (Å²) in [5.41, 5.74) is 0. The predicted octanol–water partition coefficient (Wildman–Crippen LogP) is 4.03. The molecule has 0 saturated carbocycles. The average molecular weight is 249 g/mol. The van der Waals surface area contributed by atoms with Crippen molar-refractivity contribution in [1.82, 2.24) is 0 Å². The first-order valence-electron chi connectivity index (χ1n) is 3.20. The van der Waals surface area contributed by atoms with Gasteiger partial charge in [0.1, 0.15) is 0 Å². The summed E-state index contributed by atoms with van der Waals surface area (Å²) < 4.78 is 51.2. The Kier molecular flexibility index (Phi) is 3.11. The van der Waals surface area contributed by atoms with E-state index < -0.39 is 17.9 Å². The zero-order chi connectivity index (χ0) is 10.9. The Morgan fingerprint density at radius 3 is 2.07 bits per heavy atom. The lowest BCUT2D eigenvalue weighted by molar-refractivity contribution is -0.275. The molecule has 0 N–H and O–H groups in total. The maximum atomic E-state index is 12.8. The standard InChI is InChI=1S/C7H2Cl2F4O/c8-3-1-5(10)6(2-4(3)9)14-7(11,12)13/h1-2H. The molecule has 0 saturated heterocycles. The summed E-state index contributed by atoms with van der Waals surface area (Å²) in [5.74, 6) is -2.23. The van der Waals surface area contributed by atoms with Crippen molar-refractivity contribution in [3.05, 3.63) is 28.0 Å². The van der Waals surface area contributed by atoms with E-state index >= 15 is 0 Å². The molecule has 0 fully saturated rings. The van der Waals surface area contributed by atoms with Gasteiger partial charge in [-0.25, -0.2) is 4.39 Å². The van der Waals surface area contributed by atoms with Crippen molar-refractivity contribution in [2.24, 2.45) is 0 Å². The number of hydrogen-bond donors (Lipinski definition) is 0. The molecule has 0 heterocycles. The molecule has 1 nitrogen and oxygen atoms in total. The summed E-state index contributed by atoms with van der Waals surface area (Å²) in [7, 11) is 0. The second kappa shape index (κ2) is 3.82. The highest BCUT2D eigenvalue weighted by molar-refractivity contribution is 6.42. The quantitative estimate of drug-likeness (QED) is 0.539. The Morgan fingerprint density at radius 1 is 1.07 bits per heavy atom. The van der Waals surface area contributed by atoms with Crippen LogP contribution in [0.3, 0.4) is 0 Å². The largest absolute Gasteiger partial charge is 0.573 e. The van der Waals surface area contributed by atoms with Gasteiger partial charge in [-0.1, -0.05) is 23.2 Å². The number of benzene rings is 1. The minimum atomic E-state index is -4.96. The maximum Gasteiger partial charge on any atom is 0.573 e. The molecule has 0 bridgehead atoms. The van der Waals surface area contributed by atoms with Crippen LogP contribution in [0.2, 0.25) is 10.0 Å². The van der Waals surface area contributed by atoms with E-state index in [9.17, 15) is 17.6 Å². The van der Waals surface area contributed by atoms with E-state index in [4.69, 9.17) is 23.2 Å². The minimum absolute atomic E-state index is 0.182. The molecule has 0 aromatic heterocycles. The summed E-state index contributed by atoms with van der Waals surface area (Å²) in [6.07, 6.45) is -4.96. The summed E-state index contributed by atoms with van der Waals surface area (Å²) in [4.78, 5) is 0. The number of halogens is 6. The highest BCUT2D eigenvalue weighted by Crippen LogP contribution is 2.32. The molecule has 0 atom stereocenters. The topological polar surface area (TPSA) is 9.23 Å². The number of ether oxygens (including phenoxy) is 1.